The number of hydrogen-bond donors (Lipinski definition) is 4. The molecule has 4 N–H and O–H groups in total. The summed E-state index contributed by atoms with van der Waals surface area (Å²) in [6.45, 7) is 5.05. The van der Waals surface area contributed by atoms with Gasteiger partial charge in [0, 0.05) is 44.2 Å². The van der Waals surface area contributed by atoms with Gasteiger partial charge in [0.15, 0.2) is 0 Å². The molecule has 1 unspecified atom stereocenters. The van der Waals surface area contributed by atoms with Crippen LogP contribution in [0.5, 0.6) is 0 Å². The highest BCUT2D eigenvalue weighted by Gasteiger charge is 2.20. The summed E-state index contributed by atoms with van der Waals surface area (Å²) in [5, 5.41) is 20.0. The zero-order valence-corrected chi connectivity index (χ0v) is 21.9. The van der Waals surface area contributed by atoms with Gasteiger partial charge in [-0.25, -0.2) is 19.7 Å². The van der Waals surface area contributed by atoms with Crippen LogP contribution >= 0.6 is 0 Å². The first kappa shape index (κ1) is 27.3. The largest absolute Gasteiger partial charge is 0.480 e. The molecule has 1 amide bonds. The normalized spacial score (nSPS) is 13.5. The molecule has 1 aromatic carbocycles. The van der Waals surface area contributed by atoms with Gasteiger partial charge in [0.25, 0.3) is 0 Å². The van der Waals surface area contributed by atoms with Gasteiger partial charge >= 0.3 is 5.97 Å². The Balaban J connectivity index is 1.31. The smallest absolute Gasteiger partial charge is 0.326 e. The van der Waals surface area contributed by atoms with E-state index in [2.05, 4.69) is 43.0 Å². The second-order valence-electron chi connectivity index (χ2n) is 9.69. The van der Waals surface area contributed by atoms with Gasteiger partial charge in [-0.3, -0.25) is 4.79 Å². The molecule has 1 aliphatic rings. The van der Waals surface area contributed by atoms with Crippen molar-refractivity contribution >= 4 is 34.4 Å². The maximum absolute atomic E-state index is 12.1. The molecule has 0 saturated heterocycles. The molecule has 1 atom stereocenters. The molecule has 2 aromatic heterocycles. The molecule has 0 aliphatic carbocycles. The van der Waals surface area contributed by atoms with Crippen molar-refractivity contribution in [2.45, 2.75) is 51.5 Å². The highest BCUT2D eigenvalue weighted by Crippen LogP contribution is 2.21. The summed E-state index contributed by atoms with van der Waals surface area (Å²) in [5.41, 5.74) is 3.14. The maximum atomic E-state index is 12.1. The van der Waals surface area contributed by atoms with Crippen molar-refractivity contribution in [3.63, 3.8) is 0 Å². The SMILES string of the molecule is CC(=O)NCCN(CCCCc1ccc2c(n1)NCCC2)CCC(Nc1ncnc2ccccc12)C(=O)O. The summed E-state index contributed by atoms with van der Waals surface area (Å²) in [4.78, 5) is 39.0. The van der Waals surface area contributed by atoms with Crippen molar-refractivity contribution in [3.05, 3.63) is 54.0 Å². The van der Waals surface area contributed by atoms with Crippen LogP contribution in [-0.4, -0.2) is 75.6 Å². The molecule has 10 nitrogen and oxygen atoms in total. The van der Waals surface area contributed by atoms with E-state index in [0.717, 1.165) is 67.6 Å². The number of carboxylic acid groups (broad SMARTS) is 1. The number of hydrogen-bond acceptors (Lipinski definition) is 8. The van der Waals surface area contributed by atoms with E-state index < -0.39 is 12.0 Å². The molecule has 0 radical (unpaired) electrons. The number of aryl methyl sites for hydroxylation is 2. The predicted octanol–water partition coefficient (Wildman–Crippen LogP) is 3.10. The summed E-state index contributed by atoms with van der Waals surface area (Å²) in [7, 11) is 0. The number of unbranched alkanes of at least 4 members (excludes halogenated alkanes) is 1. The Labute approximate surface area is 223 Å². The number of anilines is 2. The van der Waals surface area contributed by atoms with Gasteiger partial charge < -0.3 is 26.0 Å². The number of amides is 1. The number of nitrogens with zero attached hydrogens (tertiary/aromatic N) is 4. The van der Waals surface area contributed by atoms with Crippen molar-refractivity contribution < 1.29 is 14.7 Å². The lowest BCUT2D eigenvalue weighted by Crippen LogP contribution is -2.39. The fraction of sp³-hybridized carbons (Fsp3) is 0.464. The molecular weight excluding hydrogens is 482 g/mol. The molecule has 0 saturated carbocycles. The summed E-state index contributed by atoms with van der Waals surface area (Å²) in [6, 6.07) is 11.0. The first-order valence-corrected chi connectivity index (χ1v) is 13.4. The van der Waals surface area contributed by atoms with Crippen LogP contribution in [0.2, 0.25) is 0 Å². The lowest BCUT2D eigenvalue weighted by atomic mass is 10.1. The third-order valence-electron chi connectivity index (χ3n) is 6.80. The van der Waals surface area contributed by atoms with Gasteiger partial charge in [0.2, 0.25) is 5.91 Å². The molecule has 10 heteroatoms. The number of carbonyl (C=O) groups excluding carboxylic acids is 1. The van der Waals surface area contributed by atoms with E-state index in [1.807, 2.05) is 24.3 Å². The Hall–Kier alpha value is -3.79. The Morgan fingerprint density at radius 1 is 1.11 bits per heavy atom. The number of fused-ring (bicyclic) bond motifs is 2. The standard InChI is InChI=1S/C28H37N7O3/c1-20(36)29-15-18-35(16-5-4-8-22-12-11-21-7-6-14-30-26(21)33-22)17-13-25(28(37)38)34-27-23-9-2-3-10-24(23)31-19-32-27/h2-3,9-12,19,25H,4-8,13-18H2,1H3,(H,29,36)(H,30,33)(H,37,38)(H,31,32,34). The molecule has 0 bridgehead atoms. The molecular formula is C28H37N7O3. The number of carbonyl (C=O) groups is 2. The van der Waals surface area contributed by atoms with Crippen molar-refractivity contribution in [1.82, 2.24) is 25.2 Å². The first-order valence-electron chi connectivity index (χ1n) is 13.4. The summed E-state index contributed by atoms with van der Waals surface area (Å²) >= 11 is 0. The molecule has 202 valence electrons. The third-order valence-corrected chi connectivity index (χ3v) is 6.80. The molecule has 0 fully saturated rings. The number of aliphatic carboxylic acids is 1. The number of aromatic nitrogens is 3. The fourth-order valence-electron chi connectivity index (χ4n) is 4.73. The molecule has 4 rings (SSSR count). The van der Waals surface area contributed by atoms with Gasteiger partial charge in [-0.05, 0) is 68.8 Å². The number of pyridine rings is 1. The molecule has 0 spiro atoms. The van der Waals surface area contributed by atoms with Gasteiger partial charge in [-0.2, -0.15) is 0 Å². The van der Waals surface area contributed by atoms with Crippen molar-refractivity contribution in [1.29, 1.82) is 0 Å². The third kappa shape index (κ3) is 7.85. The quantitative estimate of drug-likeness (QED) is 0.237. The number of rotatable bonds is 14. The average molecular weight is 520 g/mol. The monoisotopic (exact) mass is 519 g/mol. The first-order chi connectivity index (χ1) is 18.5. The van der Waals surface area contributed by atoms with Crippen LogP contribution in [0.3, 0.4) is 0 Å². The van der Waals surface area contributed by atoms with E-state index >= 15 is 0 Å². The van der Waals surface area contributed by atoms with Gasteiger partial charge in [-0.15, -0.1) is 0 Å². The minimum atomic E-state index is -0.929. The molecule has 1 aliphatic heterocycles. The van der Waals surface area contributed by atoms with E-state index in [9.17, 15) is 14.7 Å². The second-order valence-corrected chi connectivity index (χ2v) is 9.69. The topological polar surface area (TPSA) is 132 Å². The van der Waals surface area contributed by atoms with Crippen molar-refractivity contribution in [2.75, 3.05) is 43.4 Å². The van der Waals surface area contributed by atoms with Gasteiger partial charge in [0.1, 0.15) is 24.0 Å². The van der Waals surface area contributed by atoms with Crippen LogP contribution in [0.4, 0.5) is 11.6 Å². The molecule has 38 heavy (non-hydrogen) atoms. The number of carboxylic acids is 1. The Morgan fingerprint density at radius 2 is 1.97 bits per heavy atom. The minimum absolute atomic E-state index is 0.0715. The van der Waals surface area contributed by atoms with Crippen LogP contribution in [0, 0.1) is 0 Å². The molecule has 3 heterocycles. The van der Waals surface area contributed by atoms with E-state index in [0.29, 0.717) is 31.9 Å². The van der Waals surface area contributed by atoms with Crippen LogP contribution in [0.15, 0.2) is 42.7 Å². The fourth-order valence-corrected chi connectivity index (χ4v) is 4.73. The summed E-state index contributed by atoms with van der Waals surface area (Å²) in [6.07, 6.45) is 6.90. The average Bonchev–Trinajstić information content (AvgIpc) is 2.92. The van der Waals surface area contributed by atoms with Crippen LogP contribution in [0.25, 0.3) is 10.9 Å². The lowest BCUT2D eigenvalue weighted by Gasteiger charge is -2.25. The van der Waals surface area contributed by atoms with E-state index in [1.165, 1.54) is 18.8 Å². The molecule has 3 aromatic rings. The van der Waals surface area contributed by atoms with Gasteiger partial charge in [0.05, 0.1) is 5.52 Å². The highest BCUT2D eigenvalue weighted by atomic mass is 16.4. The van der Waals surface area contributed by atoms with E-state index in [4.69, 9.17) is 4.98 Å². The Morgan fingerprint density at radius 3 is 2.82 bits per heavy atom. The minimum Gasteiger partial charge on any atom is -0.480 e. The Kier molecular flexibility index (Phi) is 9.80. The van der Waals surface area contributed by atoms with Crippen LogP contribution in [-0.2, 0) is 22.4 Å². The van der Waals surface area contributed by atoms with Crippen LogP contribution < -0.4 is 16.0 Å². The van der Waals surface area contributed by atoms with E-state index in [-0.39, 0.29) is 5.91 Å². The zero-order chi connectivity index (χ0) is 26.7. The van der Waals surface area contributed by atoms with E-state index in [1.54, 1.807) is 0 Å². The van der Waals surface area contributed by atoms with Crippen molar-refractivity contribution in [3.8, 4) is 0 Å². The number of nitrogens with one attached hydrogen (secondary N) is 3. The summed E-state index contributed by atoms with van der Waals surface area (Å²) < 4.78 is 0. The zero-order valence-electron chi connectivity index (χ0n) is 21.9. The summed E-state index contributed by atoms with van der Waals surface area (Å²) in [5.74, 6) is 0.536. The van der Waals surface area contributed by atoms with Crippen LogP contribution in [0.1, 0.15) is 43.9 Å². The second kappa shape index (κ2) is 13.7. The highest BCUT2D eigenvalue weighted by molar-refractivity contribution is 5.90. The Bertz CT molecular complexity index is 1230. The maximum Gasteiger partial charge on any atom is 0.326 e. The number of benzene rings is 1. The lowest BCUT2D eigenvalue weighted by molar-refractivity contribution is -0.138. The predicted molar refractivity (Wildman–Crippen MR) is 148 cm³/mol. The van der Waals surface area contributed by atoms with Gasteiger partial charge in [-0.1, -0.05) is 18.2 Å². The van der Waals surface area contributed by atoms with Crippen molar-refractivity contribution in [2.24, 2.45) is 0 Å². The number of para-hydroxylation sites is 1.